The van der Waals surface area contributed by atoms with E-state index in [4.69, 9.17) is 9.78 Å². The molecule has 2 heteroatoms. The van der Waals surface area contributed by atoms with Gasteiger partial charge >= 0.3 is 0 Å². The summed E-state index contributed by atoms with van der Waals surface area (Å²) in [6.07, 6.45) is 3.03. The lowest BCUT2D eigenvalue weighted by Gasteiger charge is -2.23. The van der Waals surface area contributed by atoms with Gasteiger partial charge in [0, 0.05) is 0 Å². The lowest BCUT2D eigenvalue weighted by Crippen LogP contribution is -2.21. The standard InChI is InChI=1S/C21H28O2/c1-17-13-15-19(16-14-17)20(22-23-21(2,3)4)12-8-11-18-9-6-5-7-10-18/h5-7,9-10,13-16,20H,8,11-12H2,1-4H3. The topological polar surface area (TPSA) is 18.5 Å². The van der Waals surface area contributed by atoms with Crippen LogP contribution < -0.4 is 0 Å². The summed E-state index contributed by atoms with van der Waals surface area (Å²) in [5.74, 6) is 0. The summed E-state index contributed by atoms with van der Waals surface area (Å²) >= 11 is 0. The van der Waals surface area contributed by atoms with Crippen LogP contribution in [0.4, 0.5) is 0 Å². The van der Waals surface area contributed by atoms with Gasteiger partial charge in [-0.25, -0.2) is 9.78 Å². The fourth-order valence-electron chi connectivity index (χ4n) is 2.39. The maximum atomic E-state index is 5.77. The number of benzene rings is 2. The first kappa shape index (κ1) is 17.7. The average Bonchev–Trinajstić information content (AvgIpc) is 2.52. The third-order valence-corrected chi connectivity index (χ3v) is 3.64. The van der Waals surface area contributed by atoms with E-state index in [-0.39, 0.29) is 11.7 Å². The van der Waals surface area contributed by atoms with E-state index in [1.54, 1.807) is 0 Å². The summed E-state index contributed by atoms with van der Waals surface area (Å²) in [5.41, 5.74) is 3.50. The van der Waals surface area contributed by atoms with E-state index in [2.05, 4.69) is 61.5 Å². The molecule has 2 aromatic carbocycles. The Morgan fingerprint density at radius 3 is 2.17 bits per heavy atom. The van der Waals surface area contributed by atoms with Crippen LogP contribution in [0.1, 0.15) is 56.4 Å². The highest BCUT2D eigenvalue weighted by Gasteiger charge is 2.18. The van der Waals surface area contributed by atoms with E-state index in [0.717, 1.165) is 19.3 Å². The SMILES string of the molecule is Cc1ccc(C(CCCc2ccccc2)OOC(C)(C)C)cc1. The molecule has 0 heterocycles. The Hall–Kier alpha value is -1.64. The molecule has 0 spiro atoms. The maximum absolute atomic E-state index is 5.77. The molecule has 2 rings (SSSR count). The van der Waals surface area contributed by atoms with Gasteiger partial charge in [-0.15, -0.1) is 0 Å². The highest BCUT2D eigenvalue weighted by molar-refractivity contribution is 5.23. The van der Waals surface area contributed by atoms with Gasteiger partial charge in [-0.1, -0.05) is 60.2 Å². The molecule has 0 aliphatic carbocycles. The maximum Gasteiger partial charge on any atom is 0.118 e. The molecule has 2 aromatic rings. The molecule has 1 atom stereocenters. The summed E-state index contributed by atoms with van der Waals surface area (Å²) in [6.45, 7) is 8.11. The minimum absolute atomic E-state index is 0.0291. The van der Waals surface area contributed by atoms with Gasteiger partial charge < -0.3 is 0 Å². The number of rotatable bonds is 7. The molecular weight excluding hydrogens is 284 g/mol. The zero-order valence-electron chi connectivity index (χ0n) is 14.7. The second-order valence-corrected chi connectivity index (χ2v) is 7.07. The summed E-state index contributed by atoms with van der Waals surface area (Å²) in [6, 6.07) is 19.1. The molecule has 0 amide bonds. The van der Waals surface area contributed by atoms with Crippen molar-refractivity contribution in [2.75, 3.05) is 0 Å². The Morgan fingerprint density at radius 1 is 0.913 bits per heavy atom. The minimum Gasteiger partial charge on any atom is -0.230 e. The molecule has 0 radical (unpaired) electrons. The van der Waals surface area contributed by atoms with E-state index in [1.165, 1.54) is 16.7 Å². The summed E-state index contributed by atoms with van der Waals surface area (Å²) < 4.78 is 0. The quantitative estimate of drug-likeness (QED) is 0.475. The highest BCUT2D eigenvalue weighted by Crippen LogP contribution is 2.26. The first-order valence-corrected chi connectivity index (χ1v) is 8.39. The molecule has 2 nitrogen and oxygen atoms in total. The zero-order chi connectivity index (χ0) is 16.7. The lowest BCUT2D eigenvalue weighted by molar-refractivity contribution is -0.376. The molecular formula is C21H28O2. The van der Waals surface area contributed by atoms with E-state index in [0.29, 0.717) is 0 Å². The van der Waals surface area contributed by atoms with Crippen LogP contribution in [0.25, 0.3) is 0 Å². The monoisotopic (exact) mass is 312 g/mol. The van der Waals surface area contributed by atoms with Gasteiger partial charge in [-0.2, -0.15) is 0 Å². The van der Waals surface area contributed by atoms with Crippen molar-refractivity contribution in [3.63, 3.8) is 0 Å². The molecule has 124 valence electrons. The van der Waals surface area contributed by atoms with Crippen molar-refractivity contribution in [2.45, 2.75) is 58.7 Å². The predicted molar refractivity (Wildman–Crippen MR) is 95.2 cm³/mol. The summed E-state index contributed by atoms with van der Waals surface area (Å²) in [5, 5.41) is 0. The molecule has 1 unspecified atom stereocenters. The van der Waals surface area contributed by atoms with Gasteiger partial charge in [0.2, 0.25) is 0 Å². The Morgan fingerprint density at radius 2 is 1.57 bits per heavy atom. The molecule has 0 bridgehead atoms. The summed E-state index contributed by atoms with van der Waals surface area (Å²) in [4.78, 5) is 11.3. The minimum atomic E-state index is -0.303. The first-order valence-electron chi connectivity index (χ1n) is 8.39. The van der Waals surface area contributed by atoms with E-state index in [9.17, 15) is 0 Å². The van der Waals surface area contributed by atoms with Gasteiger partial charge in [-0.05, 0) is 58.1 Å². The second-order valence-electron chi connectivity index (χ2n) is 7.07. The molecule has 0 aliphatic rings. The largest absolute Gasteiger partial charge is 0.230 e. The third-order valence-electron chi connectivity index (χ3n) is 3.64. The Labute approximate surface area is 140 Å². The second kappa shape index (κ2) is 8.28. The molecule has 0 saturated carbocycles. The van der Waals surface area contributed by atoms with Crippen LogP contribution in [0.3, 0.4) is 0 Å². The van der Waals surface area contributed by atoms with Gasteiger partial charge in [0.25, 0.3) is 0 Å². The Kier molecular flexibility index (Phi) is 6.37. The van der Waals surface area contributed by atoms with Crippen LogP contribution in [0.5, 0.6) is 0 Å². The number of hydrogen-bond donors (Lipinski definition) is 0. The molecule has 0 aromatic heterocycles. The van der Waals surface area contributed by atoms with Crippen LogP contribution in [-0.2, 0) is 16.2 Å². The highest BCUT2D eigenvalue weighted by atomic mass is 17.2. The van der Waals surface area contributed by atoms with E-state index < -0.39 is 0 Å². The molecule has 0 fully saturated rings. The van der Waals surface area contributed by atoms with Gasteiger partial charge in [0.15, 0.2) is 0 Å². The van der Waals surface area contributed by atoms with Gasteiger partial charge in [0.05, 0.1) is 5.60 Å². The van der Waals surface area contributed by atoms with Crippen LogP contribution in [0.15, 0.2) is 54.6 Å². The third kappa shape index (κ3) is 6.55. The zero-order valence-corrected chi connectivity index (χ0v) is 14.7. The number of hydrogen-bond acceptors (Lipinski definition) is 2. The molecule has 23 heavy (non-hydrogen) atoms. The van der Waals surface area contributed by atoms with E-state index in [1.807, 2.05) is 20.8 Å². The molecule has 0 saturated heterocycles. The molecule has 0 N–H and O–H groups in total. The lowest BCUT2D eigenvalue weighted by atomic mass is 10.0. The first-order chi connectivity index (χ1) is 10.9. The van der Waals surface area contributed by atoms with Crippen molar-refractivity contribution in [2.24, 2.45) is 0 Å². The fourth-order valence-corrected chi connectivity index (χ4v) is 2.39. The van der Waals surface area contributed by atoms with Crippen LogP contribution in [-0.4, -0.2) is 5.60 Å². The Bertz CT molecular complexity index is 567. The van der Waals surface area contributed by atoms with Crippen LogP contribution in [0.2, 0.25) is 0 Å². The molecule has 0 aliphatic heterocycles. The normalized spacial score (nSPS) is 13.0. The fraction of sp³-hybridized carbons (Fsp3) is 0.429. The average molecular weight is 312 g/mol. The van der Waals surface area contributed by atoms with Gasteiger partial charge in [-0.3, -0.25) is 0 Å². The van der Waals surface area contributed by atoms with E-state index >= 15 is 0 Å². The van der Waals surface area contributed by atoms with Crippen LogP contribution in [0, 0.1) is 6.92 Å². The van der Waals surface area contributed by atoms with Crippen molar-refractivity contribution in [3.8, 4) is 0 Å². The predicted octanol–water partition coefficient (Wildman–Crippen LogP) is 5.81. The van der Waals surface area contributed by atoms with Crippen molar-refractivity contribution in [1.29, 1.82) is 0 Å². The smallest absolute Gasteiger partial charge is 0.118 e. The van der Waals surface area contributed by atoms with Gasteiger partial charge in [0.1, 0.15) is 6.10 Å². The Balaban J connectivity index is 1.96. The van der Waals surface area contributed by atoms with Crippen LogP contribution >= 0.6 is 0 Å². The number of aryl methyl sites for hydroxylation is 2. The van der Waals surface area contributed by atoms with Crippen molar-refractivity contribution >= 4 is 0 Å². The summed E-state index contributed by atoms with van der Waals surface area (Å²) in [7, 11) is 0. The van der Waals surface area contributed by atoms with Crippen molar-refractivity contribution < 1.29 is 9.78 Å². The van der Waals surface area contributed by atoms with Crippen molar-refractivity contribution in [1.82, 2.24) is 0 Å². The van der Waals surface area contributed by atoms with Crippen molar-refractivity contribution in [3.05, 3.63) is 71.3 Å².